The molecule has 0 bridgehead atoms. The van der Waals surface area contributed by atoms with Crippen LogP contribution in [0.1, 0.15) is 71.8 Å². The van der Waals surface area contributed by atoms with Gasteiger partial charge >= 0.3 is 0 Å². The third-order valence-corrected chi connectivity index (χ3v) is 6.83. The summed E-state index contributed by atoms with van der Waals surface area (Å²) in [6.45, 7) is 15.0. The Morgan fingerprint density at radius 2 is 1.38 bits per heavy atom. The van der Waals surface area contributed by atoms with Gasteiger partial charge in [-0.25, -0.2) is 9.97 Å². The molecule has 0 fully saturated rings. The number of rotatable bonds is 0. The Balaban J connectivity index is 2.06. The van der Waals surface area contributed by atoms with Crippen LogP contribution in [0, 0.1) is 0 Å². The molecule has 1 aliphatic carbocycles. The molecule has 0 radical (unpaired) electrons. The summed E-state index contributed by atoms with van der Waals surface area (Å²) in [5.41, 5.74) is 4.04. The lowest BCUT2D eigenvalue weighted by Crippen LogP contribution is -2.19. The third-order valence-electron chi connectivity index (χ3n) is 6.83. The minimum Gasteiger partial charge on any atom is -0.504 e. The number of phenolic OH excluding ortho intramolecular Hbond substituents is 4. The highest BCUT2D eigenvalue weighted by Gasteiger charge is 2.42. The molecular weight excluding hydrogens is 406 g/mol. The van der Waals surface area contributed by atoms with Crippen molar-refractivity contribution in [3.05, 3.63) is 29.1 Å². The van der Waals surface area contributed by atoms with Gasteiger partial charge in [0.25, 0.3) is 0 Å². The van der Waals surface area contributed by atoms with Crippen molar-refractivity contribution >= 4 is 27.6 Å². The van der Waals surface area contributed by atoms with Crippen molar-refractivity contribution in [3.8, 4) is 23.0 Å². The third kappa shape index (κ3) is 2.48. The smallest absolute Gasteiger partial charge is 0.206 e. The highest BCUT2D eigenvalue weighted by molar-refractivity contribution is 6.06. The molecular formula is C25H29N3O4. The molecule has 168 valence electrons. The van der Waals surface area contributed by atoms with Crippen LogP contribution in [0.15, 0.2) is 12.1 Å². The number of aromatic hydroxyl groups is 4. The molecule has 4 aromatic rings. The molecule has 0 spiro atoms. The van der Waals surface area contributed by atoms with Gasteiger partial charge in [0.15, 0.2) is 17.1 Å². The molecule has 4 N–H and O–H groups in total. The van der Waals surface area contributed by atoms with E-state index in [0.29, 0.717) is 11.5 Å². The molecule has 0 saturated heterocycles. The van der Waals surface area contributed by atoms with Gasteiger partial charge in [0.2, 0.25) is 11.5 Å². The first kappa shape index (κ1) is 20.7. The van der Waals surface area contributed by atoms with Crippen LogP contribution < -0.4 is 0 Å². The Morgan fingerprint density at radius 1 is 0.812 bits per heavy atom. The number of aromatic nitrogens is 3. The molecule has 2 heterocycles. The van der Waals surface area contributed by atoms with Crippen LogP contribution in [-0.4, -0.2) is 34.8 Å². The van der Waals surface area contributed by atoms with Crippen molar-refractivity contribution in [2.45, 2.75) is 71.1 Å². The van der Waals surface area contributed by atoms with E-state index in [-0.39, 0.29) is 21.7 Å². The molecule has 7 nitrogen and oxygen atoms in total. The van der Waals surface area contributed by atoms with Crippen molar-refractivity contribution in [1.82, 2.24) is 14.4 Å². The van der Waals surface area contributed by atoms with Crippen LogP contribution in [0.4, 0.5) is 0 Å². The summed E-state index contributed by atoms with van der Waals surface area (Å²) >= 11 is 0. The lowest BCUT2D eigenvalue weighted by Gasteiger charge is -2.23. The van der Waals surface area contributed by atoms with E-state index in [2.05, 4.69) is 44.8 Å². The van der Waals surface area contributed by atoms with Gasteiger partial charge in [-0.15, -0.1) is 0 Å². The van der Waals surface area contributed by atoms with Gasteiger partial charge < -0.3 is 20.4 Å². The van der Waals surface area contributed by atoms with Gasteiger partial charge in [-0.2, -0.15) is 0 Å². The molecule has 0 saturated carbocycles. The fraction of sp³-hybridized carbons (Fsp3) is 0.440. The average Bonchev–Trinajstić information content (AvgIpc) is 3.13. The molecule has 7 heteroatoms. The minimum absolute atomic E-state index is 0.000461. The molecule has 5 rings (SSSR count). The predicted molar refractivity (Wildman–Crippen MR) is 124 cm³/mol. The lowest BCUT2D eigenvalue weighted by atomic mass is 9.82. The Labute approximate surface area is 186 Å². The molecule has 0 aliphatic heterocycles. The summed E-state index contributed by atoms with van der Waals surface area (Å²) in [6.07, 6.45) is 1.03. The van der Waals surface area contributed by atoms with Crippen molar-refractivity contribution in [2.75, 3.05) is 0 Å². The second-order valence-electron chi connectivity index (χ2n) is 11.4. The van der Waals surface area contributed by atoms with Gasteiger partial charge in [-0.3, -0.25) is 4.40 Å². The zero-order chi connectivity index (χ0) is 23.5. The SMILES string of the molecule is CC(C)(C)c1nc2c(O)c(O)c(O)c(O)c2c2nc3cc4c(cc3n12)C(C)(C)CC4(C)C. The molecule has 32 heavy (non-hydrogen) atoms. The first-order valence-electron chi connectivity index (χ1n) is 10.8. The second-order valence-corrected chi connectivity index (χ2v) is 11.4. The number of nitrogens with zero attached hydrogens (tertiary/aromatic N) is 3. The number of hydrogen-bond donors (Lipinski definition) is 4. The Morgan fingerprint density at radius 3 is 1.97 bits per heavy atom. The maximum Gasteiger partial charge on any atom is 0.206 e. The number of imidazole rings is 1. The van der Waals surface area contributed by atoms with Gasteiger partial charge in [-0.1, -0.05) is 48.5 Å². The molecule has 0 unspecified atom stereocenters. The van der Waals surface area contributed by atoms with E-state index in [0.717, 1.165) is 17.5 Å². The largest absolute Gasteiger partial charge is 0.504 e. The second kappa shape index (κ2) is 5.77. The van der Waals surface area contributed by atoms with Crippen molar-refractivity contribution in [1.29, 1.82) is 0 Å². The van der Waals surface area contributed by atoms with Crippen molar-refractivity contribution in [2.24, 2.45) is 0 Å². The quantitative estimate of drug-likeness (QED) is 0.225. The normalized spacial score (nSPS) is 17.5. The zero-order valence-electron chi connectivity index (χ0n) is 19.5. The minimum atomic E-state index is -0.801. The van der Waals surface area contributed by atoms with E-state index in [9.17, 15) is 20.4 Å². The van der Waals surface area contributed by atoms with Crippen LogP contribution >= 0.6 is 0 Å². The van der Waals surface area contributed by atoms with Crippen LogP contribution in [0.2, 0.25) is 0 Å². The highest BCUT2D eigenvalue weighted by atomic mass is 16.3. The lowest BCUT2D eigenvalue weighted by molar-refractivity contribution is 0.350. The molecule has 0 amide bonds. The maximum atomic E-state index is 10.7. The molecule has 1 aliphatic rings. The van der Waals surface area contributed by atoms with Crippen LogP contribution in [0.3, 0.4) is 0 Å². The highest BCUT2D eigenvalue weighted by Crippen LogP contribution is 2.52. The number of fused-ring (bicyclic) bond motifs is 6. The zero-order valence-corrected chi connectivity index (χ0v) is 19.5. The van der Waals surface area contributed by atoms with E-state index < -0.39 is 28.4 Å². The molecule has 0 atom stereocenters. The summed E-state index contributed by atoms with van der Waals surface area (Å²) in [4.78, 5) is 9.50. The van der Waals surface area contributed by atoms with E-state index in [4.69, 9.17) is 4.98 Å². The van der Waals surface area contributed by atoms with Crippen LogP contribution in [0.5, 0.6) is 23.0 Å². The van der Waals surface area contributed by atoms with E-state index in [1.807, 2.05) is 25.2 Å². The topological polar surface area (TPSA) is 111 Å². The van der Waals surface area contributed by atoms with Gasteiger partial charge in [0, 0.05) is 5.41 Å². The molecule has 2 aromatic carbocycles. The van der Waals surface area contributed by atoms with Gasteiger partial charge in [-0.05, 0) is 40.5 Å². The maximum absolute atomic E-state index is 10.7. The fourth-order valence-electron chi connectivity index (χ4n) is 5.59. The molecule has 2 aromatic heterocycles. The monoisotopic (exact) mass is 435 g/mol. The fourth-order valence-corrected chi connectivity index (χ4v) is 5.59. The van der Waals surface area contributed by atoms with Gasteiger partial charge in [0.1, 0.15) is 11.3 Å². The van der Waals surface area contributed by atoms with Crippen LogP contribution in [-0.2, 0) is 16.2 Å². The van der Waals surface area contributed by atoms with E-state index >= 15 is 0 Å². The summed E-state index contributed by atoms with van der Waals surface area (Å²) in [5.74, 6) is -2.11. The number of benzene rings is 2. The average molecular weight is 436 g/mol. The summed E-state index contributed by atoms with van der Waals surface area (Å²) in [5, 5.41) is 41.6. The van der Waals surface area contributed by atoms with Crippen LogP contribution in [0.25, 0.3) is 27.6 Å². The standard InChI is InChI=1S/C25H29N3O4/c1-23(2,3)22-27-16-15(17(29)19(31)20(32)18(16)30)21-26-13-8-11-12(9-14(13)28(21)22)25(6,7)10-24(11,4)5/h8-9,29-32H,10H2,1-7H3. The first-order chi connectivity index (χ1) is 14.6. The van der Waals surface area contributed by atoms with E-state index in [1.165, 1.54) is 11.1 Å². The van der Waals surface area contributed by atoms with Gasteiger partial charge in [0.05, 0.1) is 16.4 Å². The summed E-state index contributed by atoms with van der Waals surface area (Å²) in [7, 11) is 0. The van der Waals surface area contributed by atoms with Crippen molar-refractivity contribution in [3.63, 3.8) is 0 Å². The number of hydrogen-bond acceptors (Lipinski definition) is 6. The van der Waals surface area contributed by atoms with E-state index in [1.54, 1.807) is 0 Å². The first-order valence-corrected chi connectivity index (χ1v) is 10.8. The van der Waals surface area contributed by atoms with Crippen molar-refractivity contribution < 1.29 is 20.4 Å². The Bertz CT molecular complexity index is 1470. The summed E-state index contributed by atoms with van der Waals surface area (Å²) in [6, 6.07) is 4.28. The number of phenols is 4. The Hall–Kier alpha value is -3.22. The Kier molecular flexibility index (Phi) is 3.72. The predicted octanol–water partition coefficient (Wildman–Crippen LogP) is 5.11. The summed E-state index contributed by atoms with van der Waals surface area (Å²) < 4.78 is 1.90.